The Morgan fingerprint density at radius 1 is 1.64 bits per heavy atom. The molecule has 0 saturated carbocycles. The van der Waals surface area contributed by atoms with Gasteiger partial charge in [0.1, 0.15) is 0 Å². The van der Waals surface area contributed by atoms with Gasteiger partial charge in [0.15, 0.2) is 0 Å². The molecule has 0 rings (SSSR count). The predicted molar refractivity (Wildman–Crippen MR) is 49.1 cm³/mol. The van der Waals surface area contributed by atoms with Crippen LogP contribution < -0.4 is 0 Å². The number of aliphatic carboxylic acids is 1. The summed E-state index contributed by atoms with van der Waals surface area (Å²) in [6.45, 7) is 2.08. The first-order chi connectivity index (χ1) is 5.22. The van der Waals surface area contributed by atoms with E-state index in [4.69, 9.17) is 5.11 Å². The van der Waals surface area contributed by atoms with Gasteiger partial charge in [0.05, 0.1) is 0 Å². The quantitative estimate of drug-likeness (QED) is 0.380. The number of carbonyl (C=O) groups is 1. The molecule has 0 fully saturated rings. The van der Waals surface area contributed by atoms with Gasteiger partial charge in [-0.1, -0.05) is 25.8 Å². The van der Waals surface area contributed by atoms with Gasteiger partial charge in [-0.05, 0) is 6.42 Å². The smallest absolute Gasteiger partial charge is 0.332 e. The number of hydrogen-bond donors (Lipinski definition) is 2. The summed E-state index contributed by atoms with van der Waals surface area (Å²) >= 11 is 3.91. The van der Waals surface area contributed by atoms with Crippen LogP contribution in [0.15, 0.2) is 11.6 Å². The Balaban J connectivity index is 3.81. The van der Waals surface area contributed by atoms with Crippen molar-refractivity contribution in [1.29, 1.82) is 0 Å². The van der Waals surface area contributed by atoms with E-state index in [0.717, 1.165) is 19.3 Å². The van der Waals surface area contributed by atoms with Crippen molar-refractivity contribution in [2.24, 2.45) is 0 Å². The van der Waals surface area contributed by atoms with Crippen LogP contribution in [0.1, 0.15) is 26.2 Å². The Kier molecular flexibility index (Phi) is 6.03. The molecule has 0 aliphatic heterocycles. The maximum atomic E-state index is 10.4. The maximum absolute atomic E-state index is 10.4. The molecule has 11 heavy (non-hydrogen) atoms. The highest BCUT2D eigenvalue weighted by Crippen LogP contribution is 2.03. The molecule has 0 aliphatic carbocycles. The Hall–Kier alpha value is -0.440. The second-order valence-electron chi connectivity index (χ2n) is 2.33. The van der Waals surface area contributed by atoms with Crippen LogP contribution in [0.5, 0.6) is 0 Å². The largest absolute Gasteiger partial charge is 0.478 e. The van der Waals surface area contributed by atoms with E-state index in [9.17, 15) is 4.79 Å². The molecule has 2 nitrogen and oxygen atoms in total. The summed E-state index contributed by atoms with van der Waals surface area (Å²) in [5, 5.41) is 8.56. The van der Waals surface area contributed by atoms with Crippen LogP contribution in [0.2, 0.25) is 0 Å². The van der Waals surface area contributed by atoms with E-state index in [-0.39, 0.29) is 0 Å². The standard InChI is InChI=1S/C8H14O2S/c1-2-3-4-5-7(6-11)8(9)10/h5,11H,2-4,6H2,1H3,(H,9,10). The molecule has 0 aromatic heterocycles. The number of thiol groups is 1. The SMILES string of the molecule is CCCCC=C(CS)C(=O)O. The zero-order valence-corrected chi connectivity index (χ0v) is 7.60. The number of carboxylic acid groups (broad SMARTS) is 1. The van der Waals surface area contributed by atoms with E-state index >= 15 is 0 Å². The van der Waals surface area contributed by atoms with Crippen LogP contribution in [0.25, 0.3) is 0 Å². The van der Waals surface area contributed by atoms with Crippen molar-refractivity contribution < 1.29 is 9.90 Å². The Morgan fingerprint density at radius 2 is 2.27 bits per heavy atom. The molecular formula is C8H14O2S. The van der Waals surface area contributed by atoms with Crippen LogP contribution in [-0.2, 0) is 4.79 Å². The zero-order chi connectivity index (χ0) is 8.69. The van der Waals surface area contributed by atoms with E-state index in [1.165, 1.54) is 0 Å². The monoisotopic (exact) mass is 174 g/mol. The molecule has 0 unspecified atom stereocenters. The van der Waals surface area contributed by atoms with Crippen LogP contribution in [0.4, 0.5) is 0 Å². The van der Waals surface area contributed by atoms with Crippen LogP contribution in [-0.4, -0.2) is 16.8 Å². The lowest BCUT2D eigenvalue weighted by Gasteiger charge is -1.95. The van der Waals surface area contributed by atoms with E-state index in [0.29, 0.717) is 11.3 Å². The summed E-state index contributed by atoms with van der Waals surface area (Å²) in [6.07, 6.45) is 4.73. The Bertz CT molecular complexity index is 152. The van der Waals surface area contributed by atoms with Gasteiger partial charge >= 0.3 is 5.97 Å². The topological polar surface area (TPSA) is 37.3 Å². The Labute approximate surface area is 72.7 Å². The molecule has 0 saturated heterocycles. The van der Waals surface area contributed by atoms with E-state index in [2.05, 4.69) is 19.6 Å². The third-order valence-corrected chi connectivity index (χ3v) is 1.73. The molecule has 3 heteroatoms. The summed E-state index contributed by atoms with van der Waals surface area (Å²) in [4.78, 5) is 10.4. The van der Waals surface area contributed by atoms with Crippen molar-refractivity contribution in [3.63, 3.8) is 0 Å². The minimum atomic E-state index is -0.851. The molecule has 0 spiro atoms. The second kappa shape index (κ2) is 6.28. The highest BCUT2D eigenvalue weighted by molar-refractivity contribution is 7.80. The van der Waals surface area contributed by atoms with Gasteiger partial charge in [0.2, 0.25) is 0 Å². The zero-order valence-electron chi connectivity index (χ0n) is 6.71. The average molecular weight is 174 g/mol. The molecule has 1 N–H and O–H groups in total. The number of carboxylic acids is 1. The number of allylic oxidation sites excluding steroid dienone is 1. The lowest BCUT2D eigenvalue weighted by molar-refractivity contribution is -0.132. The fourth-order valence-electron chi connectivity index (χ4n) is 0.700. The summed E-state index contributed by atoms with van der Waals surface area (Å²) in [7, 11) is 0. The second-order valence-corrected chi connectivity index (χ2v) is 2.65. The van der Waals surface area contributed by atoms with E-state index < -0.39 is 5.97 Å². The van der Waals surface area contributed by atoms with Gasteiger partial charge in [-0.3, -0.25) is 0 Å². The molecule has 64 valence electrons. The number of unbranched alkanes of at least 4 members (excludes halogenated alkanes) is 2. The predicted octanol–water partition coefficient (Wildman–Crippen LogP) is 2.12. The number of rotatable bonds is 5. The van der Waals surface area contributed by atoms with Crippen molar-refractivity contribution in [3.8, 4) is 0 Å². The van der Waals surface area contributed by atoms with Gasteiger partial charge < -0.3 is 5.11 Å². The van der Waals surface area contributed by atoms with Crippen molar-refractivity contribution in [2.45, 2.75) is 26.2 Å². The molecule has 0 amide bonds. The fourth-order valence-corrected chi connectivity index (χ4v) is 0.964. The summed E-state index contributed by atoms with van der Waals surface area (Å²) < 4.78 is 0. The lowest BCUT2D eigenvalue weighted by atomic mass is 10.2. The molecule has 0 aromatic carbocycles. The van der Waals surface area contributed by atoms with E-state index in [1.807, 2.05) is 0 Å². The van der Waals surface area contributed by atoms with Crippen molar-refractivity contribution in [2.75, 3.05) is 5.75 Å². The normalized spacial score (nSPS) is 11.6. The molecular weight excluding hydrogens is 160 g/mol. The van der Waals surface area contributed by atoms with Crippen LogP contribution in [0, 0.1) is 0 Å². The molecule has 0 atom stereocenters. The van der Waals surface area contributed by atoms with E-state index in [1.54, 1.807) is 6.08 Å². The van der Waals surface area contributed by atoms with Gasteiger partial charge in [0, 0.05) is 11.3 Å². The minimum absolute atomic E-state index is 0.318. The average Bonchev–Trinajstić information content (AvgIpc) is 1.97. The summed E-state index contributed by atoms with van der Waals surface area (Å²) in [5.74, 6) is -0.532. The maximum Gasteiger partial charge on any atom is 0.332 e. The Morgan fingerprint density at radius 3 is 2.64 bits per heavy atom. The van der Waals surface area contributed by atoms with Gasteiger partial charge in [0.25, 0.3) is 0 Å². The van der Waals surface area contributed by atoms with Gasteiger partial charge in [-0.2, -0.15) is 12.6 Å². The lowest BCUT2D eigenvalue weighted by Crippen LogP contribution is -2.01. The third-order valence-electron chi connectivity index (χ3n) is 1.39. The first kappa shape index (κ1) is 10.6. The number of hydrogen-bond acceptors (Lipinski definition) is 2. The fraction of sp³-hybridized carbons (Fsp3) is 0.625. The van der Waals surface area contributed by atoms with Crippen LogP contribution in [0.3, 0.4) is 0 Å². The first-order valence-electron chi connectivity index (χ1n) is 3.75. The van der Waals surface area contributed by atoms with Crippen molar-refractivity contribution in [3.05, 3.63) is 11.6 Å². The van der Waals surface area contributed by atoms with Crippen LogP contribution >= 0.6 is 12.6 Å². The molecule has 0 aromatic rings. The highest BCUT2D eigenvalue weighted by atomic mass is 32.1. The van der Waals surface area contributed by atoms with Crippen molar-refractivity contribution in [1.82, 2.24) is 0 Å². The summed E-state index contributed by atoms with van der Waals surface area (Å²) in [5.41, 5.74) is 0.404. The molecule has 0 radical (unpaired) electrons. The summed E-state index contributed by atoms with van der Waals surface area (Å²) in [6, 6.07) is 0. The van der Waals surface area contributed by atoms with Crippen molar-refractivity contribution >= 4 is 18.6 Å². The molecule has 0 aliphatic rings. The minimum Gasteiger partial charge on any atom is -0.478 e. The molecule has 0 bridgehead atoms. The first-order valence-corrected chi connectivity index (χ1v) is 4.38. The third kappa shape index (κ3) is 4.90. The highest BCUT2D eigenvalue weighted by Gasteiger charge is 2.02. The molecule has 0 heterocycles. The van der Waals surface area contributed by atoms with Gasteiger partial charge in [-0.15, -0.1) is 0 Å². The van der Waals surface area contributed by atoms with Gasteiger partial charge in [-0.25, -0.2) is 4.79 Å².